The van der Waals surface area contributed by atoms with Crippen LogP contribution in [-0.2, 0) is 5.50 Å². The summed E-state index contributed by atoms with van der Waals surface area (Å²) in [7, 11) is 5.65. The molecule has 0 saturated heterocycles. The van der Waals surface area contributed by atoms with Crippen LogP contribution in [0.5, 0.6) is 5.75 Å². The number of benzene rings is 1. The number of hydrogen-bond acceptors (Lipinski definition) is 2. The Morgan fingerprint density at radius 2 is 2.12 bits per heavy atom. The second-order valence-electron chi connectivity index (χ2n) is 3.41. The fourth-order valence-corrected chi connectivity index (χ4v) is 2.41. The summed E-state index contributed by atoms with van der Waals surface area (Å²) in [6, 6.07) is 1.84. The highest BCUT2D eigenvalue weighted by Gasteiger charge is 2.37. The van der Waals surface area contributed by atoms with E-state index in [4.69, 9.17) is 24.2 Å². The minimum Gasteiger partial charge on any atom is -0.490 e. The summed E-state index contributed by atoms with van der Waals surface area (Å²) >= 11 is 9.33. The molecule has 2 rings (SSSR count). The molecule has 1 N–H and O–H groups in total. The molecule has 16 heavy (non-hydrogen) atoms. The van der Waals surface area contributed by atoms with Gasteiger partial charge < -0.3 is 9.84 Å². The molecule has 2 nitrogen and oxygen atoms in total. The number of fused-ring (bicyclic) bond motifs is 1. The van der Waals surface area contributed by atoms with Crippen molar-refractivity contribution in [1.82, 2.24) is 0 Å². The number of halogens is 2. The van der Waals surface area contributed by atoms with E-state index in [1.807, 2.05) is 26.8 Å². The van der Waals surface area contributed by atoms with Gasteiger partial charge in [0.25, 0.3) is 0 Å². The van der Waals surface area contributed by atoms with Crippen molar-refractivity contribution in [2.45, 2.75) is 26.3 Å². The Morgan fingerprint density at radius 3 is 2.69 bits per heavy atom. The predicted octanol–water partition coefficient (Wildman–Crippen LogP) is 3.14. The molecule has 0 saturated carbocycles. The van der Waals surface area contributed by atoms with Gasteiger partial charge in [0.15, 0.2) is 0 Å². The lowest BCUT2D eigenvalue weighted by molar-refractivity contribution is 0.0969. The van der Waals surface area contributed by atoms with Gasteiger partial charge in [-0.2, -0.15) is 0 Å². The summed E-state index contributed by atoms with van der Waals surface area (Å²) in [6.45, 7) is 5.92. The lowest BCUT2D eigenvalue weighted by Gasteiger charge is -2.17. The highest BCUT2D eigenvalue weighted by molar-refractivity contribution is 9.10. The molecule has 0 bridgehead atoms. The molecule has 0 amide bonds. The zero-order valence-corrected chi connectivity index (χ0v) is 11.8. The highest BCUT2D eigenvalue weighted by atomic mass is 79.9. The van der Waals surface area contributed by atoms with E-state index in [0.29, 0.717) is 20.8 Å². The van der Waals surface area contributed by atoms with E-state index in [9.17, 15) is 5.11 Å². The molecule has 1 aromatic carbocycles. The third-order valence-electron chi connectivity index (χ3n) is 2.23. The Labute approximate surface area is 110 Å². The maximum atomic E-state index is 9.82. The smallest absolute Gasteiger partial charge is 0.129 e. The summed E-state index contributed by atoms with van der Waals surface area (Å²) in [5, 5.41) is 10.2. The maximum absolute atomic E-state index is 9.82. The quantitative estimate of drug-likeness (QED) is 0.746. The van der Waals surface area contributed by atoms with Crippen molar-refractivity contribution >= 4 is 35.4 Å². The summed E-state index contributed by atoms with van der Waals surface area (Å²) in [5.74, 6) is 0.586. The molecule has 0 aliphatic carbocycles. The number of hydrogen-bond donors (Lipinski definition) is 1. The molecule has 1 aromatic rings. The zero-order valence-electron chi connectivity index (χ0n) is 9.47. The molecule has 1 atom stereocenters. The molecule has 1 aliphatic rings. The first kappa shape index (κ1) is 13.9. The number of aliphatic hydroxyl groups is 1. The van der Waals surface area contributed by atoms with Crippen molar-refractivity contribution in [3.05, 3.63) is 26.7 Å². The normalized spacial score (nSPS) is 21.9. The van der Waals surface area contributed by atoms with E-state index in [1.54, 1.807) is 0 Å². The minimum absolute atomic E-state index is 0.0410. The van der Waals surface area contributed by atoms with Gasteiger partial charge in [-0.25, -0.2) is 0 Å². The second kappa shape index (κ2) is 4.99. The van der Waals surface area contributed by atoms with E-state index in [2.05, 4.69) is 15.9 Å². The van der Waals surface area contributed by atoms with Gasteiger partial charge in [0.2, 0.25) is 0 Å². The van der Waals surface area contributed by atoms with Crippen molar-refractivity contribution in [2.75, 3.05) is 6.61 Å². The van der Waals surface area contributed by atoms with Crippen LogP contribution >= 0.6 is 27.5 Å². The minimum atomic E-state index is -1.49. The first-order valence-corrected chi connectivity index (χ1v) is 6.23. The Morgan fingerprint density at radius 1 is 1.56 bits per heavy atom. The van der Waals surface area contributed by atoms with E-state index < -0.39 is 5.50 Å². The van der Waals surface area contributed by atoms with Crippen molar-refractivity contribution in [3.8, 4) is 5.75 Å². The maximum Gasteiger partial charge on any atom is 0.129 e. The molecule has 1 heterocycles. The molecule has 0 aromatic heterocycles. The second-order valence-corrected chi connectivity index (χ2v) is 4.64. The number of aryl methyl sites for hydroxylation is 1. The Bertz CT molecular complexity index is 407. The molecule has 5 heteroatoms. The molecule has 1 aliphatic heterocycles. The summed E-state index contributed by atoms with van der Waals surface area (Å²) in [6.07, 6.45) is 0. The summed E-state index contributed by atoms with van der Waals surface area (Å²) in [4.78, 5) is 0. The summed E-state index contributed by atoms with van der Waals surface area (Å²) in [5.41, 5.74) is -0.121. The van der Waals surface area contributed by atoms with Crippen LogP contribution < -0.4 is 4.74 Å². The van der Waals surface area contributed by atoms with Gasteiger partial charge in [0.1, 0.15) is 20.2 Å². The van der Waals surface area contributed by atoms with Gasteiger partial charge in [-0.1, -0.05) is 25.4 Å². The fourth-order valence-electron chi connectivity index (χ4n) is 1.56. The average molecular weight is 303 g/mol. The molecule has 86 valence electrons. The van der Waals surface area contributed by atoms with Crippen LogP contribution in [0.2, 0.25) is 5.02 Å². The van der Waals surface area contributed by atoms with Gasteiger partial charge in [0.05, 0.1) is 10.5 Å². The average Bonchev–Trinajstić information content (AvgIpc) is 2.55. The Balaban J connectivity index is 0.000000606. The third kappa shape index (κ3) is 2.24. The van der Waals surface area contributed by atoms with Crippen LogP contribution in [0.3, 0.4) is 0 Å². The number of rotatable bonds is 0. The monoisotopic (exact) mass is 302 g/mol. The standard InChI is InChI=1S/C9H7BBrClO2.C2H6/c1-4-2-5(11)7(12)6-8(4)14-3-9(6,10)13;1-2/h2,13H,3H2,1H3;1-2H3. The van der Waals surface area contributed by atoms with Crippen molar-refractivity contribution in [1.29, 1.82) is 0 Å². The lowest BCUT2D eigenvalue weighted by Crippen LogP contribution is -2.27. The van der Waals surface area contributed by atoms with Crippen LogP contribution in [0.25, 0.3) is 0 Å². The van der Waals surface area contributed by atoms with Crippen molar-refractivity contribution < 1.29 is 9.84 Å². The first-order valence-electron chi connectivity index (χ1n) is 5.06. The molecular weight excluding hydrogens is 290 g/mol. The molecule has 1 unspecified atom stereocenters. The first-order chi connectivity index (χ1) is 7.43. The van der Waals surface area contributed by atoms with Gasteiger partial charge in [0, 0.05) is 10.0 Å². The summed E-state index contributed by atoms with van der Waals surface area (Å²) < 4.78 is 6.01. The zero-order chi connectivity index (χ0) is 12.5. The fraction of sp³-hybridized carbons (Fsp3) is 0.455. The van der Waals surface area contributed by atoms with E-state index in [1.165, 1.54) is 0 Å². The highest BCUT2D eigenvalue weighted by Crippen LogP contribution is 2.45. The number of ether oxygens (including phenoxy) is 1. The molecule has 2 radical (unpaired) electrons. The van der Waals surface area contributed by atoms with Crippen LogP contribution in [0.1, 0.15) is 25.0 Å². The van der Waals surface area contributed by atoms with Crippen molar-refractivity contribution in [2.24, 2.45) is 0 Å². The SMILES string of the molecule is CC.[B]C1(O)COc2c(C)cc(Br)c(Cl)c21. The Hall–Kier alpha value is -0.185. The van der Waals surface area contributed by atoms with Gasteiger partial charge >= 0.3 is 0 Å². The molecular formula is C11H13BBrClO2. The van der Waals surface area contributed by atoms with Crippen LogP contribution in [0.15, 0.2) is 10.5 Å². The van der Waals surface area contributed by atoms with E-state index in [-0.39, 0.29) is 6.61 Å². The van der Waals surface area contributed by atoms with Gasteiger partial charge in [-0.05, 0) is 34.5 Å². The lowest BCUT2D eigenvalue weighted by atomic mass is 9.77. The van der Waals surface area contributed by atoms with Crippen LogP contribution in [0.4, 0.5) is 0 Å². The van der Waals surface area contributed by atoms with E-state index in [0.717, 1.165) is 5.56 Å². The predicted molar refractivity (Wildman–Crippen MR) is 70.4 cm³/mol. The van der Waals surface area contributed by atoms with Crippen molar-refractivity contribution in [3.63, 3.8) is 0 Å². The Kier molecular flexibility index (Phi) is 4.32. The molecule has 0 fully saturated rings. The van der Waals surface area contributed by atoms with Crippen LogP contribution in [-0.4, -0.2) is 19.6 Å². The third-order valence-corrected chi connectivity index (χ3v) is 3.47. The topological polar surface area (TPSA) is 29.5 Å². The van der Waals surface area contributed by atoms with Crippen LogP contribution in [0, 0.1) is 6.92 Å². The van der Waals surface area contributed by atoms with E-state index >= 15 is 0 Å². The van der Waals surface area contributed by atoms with Gasteiger partial charge in [-0.3, -0.25) is 0 Å². The largest absolute Gasteiger partial charge is 0.490 e. The van der Waals surface area contributed by atoms with Gasteiger partial charge in [-0.15, -0.1) is 0 Å². The molecule has 0 spiro atoms.